The van der Waals surface area contributed by atoms with E-state index in [1.807, 2.05) is 0 Å². The van der Waals surface area contributed by atoms with E-state index in [0.29, 0.717) is 18.4 Å². The minimum absolute atomic E-state index is 0.251. The molecule has 1 aliphatic rings. The first-order chi connectivity index (χ1) is 6.65. The van der Waals surface area contributed by atoms with Crippen molar-refractivity contribution in [3.8, 4) is 0 Å². The highest BCUT2D eigenvalue weighted by Gasteiger charge is 2.29. The van der Waals surface area contributed by atoms with Gasteiger partial charge >= 0.3 is 0 Å². The molecule has 82 valence electrons. The Morgan fingerprint density at radius 3 is 2.86 bits per heavy atom. The maximum Gasteiger partial charge on any atom is 0.129 e. The summed E-state index contributed by atoms with van der Waals surface area (Å²) >= 11 is 0. The van der Waals surface area contributed by atoms with Gasteiger partial charge in [-0.2, -0.15) is 0 Å². The molecule has 2 atom stereocenters. The molecule has 0 aromatic heterocycles. The second-order valence-electron chi connectivity index (χ2n) is 4.36. The minimum atomic E-state index is 0.251. The third-order valence-corrected chi connectivity index (χ3v) is 3.16. The summed E-state index contributed by atoms with van der Waals surface area (Å²) in [6, 6.07) is 0.321. The average Bonchev–Trinajstić information content (AvgIpc) is 2.46. The number of aliphatic hydroxyl groups is 1. The fourth-order valence-corrected chi connectivity index (χ4v) is 2.19. The van der Waals surface area contributed by atoms with Crippen molar-refractivity contribution in [2.75, 3.05) is 19.7 Å². The summed E-state index contributed by atoms with van der Waals surface area (Å²) in [7, 11) is 0. The zero-order chi connectivity index (χ0) is 10.6. The maximum absolute atomic E-state index is 10.8. The molecule has 3 heteroatoms. The van der Waals surface area contributed by atoms with Crippen LogP contribution in [0.1, 0.15) is 33.1 Å². The van der Waals surface area contributed by atoms with Crippen LogP contribution < -0.4 is 0 Å². The Bertz CT molecular complexity index is 194. The molecule has 0 amide bonds. The van der Waals surface area contributed by atoms with Crippen molar-refractivity contribution >= 4 is 5.78 Å². The van der Waals surface area contributed by atoms with Crippen LogP contribution in [-0.4, -0.2) is 41.5 Å². The monoisotopic (exact) mass is 199 g/mol. The van der Waals surface area contributed by atoms with Crippen LogP contribution in [0.5, 0.6) is 0 Å². The maximum atomic E-state index is 10.8. The fourth-order valence-electron chi connectivity index (χ4n) is 2.19. The molecule has 0 aromatic rings. The van der Waals surface area contributed by atoms with Crippen molar-refractivity contribution in [2.45, 2.75) is 39.2 Å². The van der Waals surface area contributed by atoms with E-state index < -0.39 is 0 Å². The lowest BCUT2D eigenvalue weighted by Gasteiger charge is -2.24. The van der Waals surface area contributed by atoms with Crippen LogP contribution in [0.4, 0.5) is 0 Å². The van der Waals surface area contributed by atoms with E-state index >= 15 is 0 Å². The molecule has 2 unspecified atom stereocenters. The number of carbonyl (C=O) groups excluding carboxylic acids is 1. The van der Waals surface area contributed by atoms with Crippen LogP contribution in [0, 0.1) is 5.92 Å². The van der Waals surface area contributed by atoms with E-state index in [9.17, 15) is 9.90 Å². The molecule has 1 heterocycles. The van der Waals surface area contributed by atoms with E-state index in [2.05, 4.69) is 11.8 Å². The summed E-state index contributed by atoms with van der Waals surface area (Å²) in [5.41, 5.74) is 0. The van der Waals surface area contributed by atoms with Crippen LogP contribution in [0.2, 0.25) is 0 Å². The Morgan fingerprint density at radius 1 is 1.57 bits per heavy atom. The number of nitrogens with zero attached hydrogens (tertiary/aromatic N) is 1. The van der Waals surface area contributed by atoms with Crippen molar-refractivity contribution in [3.63, 3.8) is 0 Å². The van der Waals surface area contributed by atoms with Crippen molar-refractivity contribution in [1.82, 2.24) is 4.90 Å². The lowest BCUT2D eigenvalue weighted by atomic mass is 10.0. The van der Waals surface area contributed by atoms with E-state index in [-0.39, 0.29) is 12.4 Å². The minimum Gasteiger partial charge on any atom is -0.395 e. The Hall–Kier alpha value is -0.410. The largest absolute Gasteiger partial charge is 0.395 e. The summed E-state index contributed by atoms with van der Waals surface area (Å²) in [6.07, 6.45) is 2.77. The van der Waals surface area contributed by atoms with Gasteiger partial charge in [-0.05, 0) is 38.8 Å². The Balaban J connectivity index is 2.26. The van der Waals surface area contributed by atoms with Crippen molar-refractivity contribution < 1.29 is 9.90 Å². The van der Waals surface area contributed by atoms with Gasteiger partial charge in [-0.1, -0.05) is 6.92 Å². The van der Waals surface area contributed by atoms with Gasteiger partial charge in [0.2, 0.25) is 0 Å². The molecular formula is C11H21NO2. The number of Topliss-reactive ketones (excluding diaryl/α,β-unsaturated/α-hetero) is 1. The van der Waals surface area contributed by atoms with Crippen LogP contribution in [0.25, 0.3) is 0 Å². The third-order valence-electron chi connectivity index (χ3n) is 3.16. The van der Waals surface area contributed by atoms with Crippen LogP contribution >= 0.6 is 0 Å². The zero-order valence-electron chi connectivity index (χ0n) is 9.20. The molecule has 0 aliphatic carbocycles. The molecule has 0 spiro atoms. The lowest BCUT2D eigenvalue weighted by molar-refractivity contribution is -0.117. The van der Waals surface area contributed by atoms with Gasteiger partial charge < -0.3 is 9.90 Å². The molecule has 0 saturated carbocycles. The molecule has 1 aliphatic heterocycles. The molecule has 3 nitrogen and oxygen atoms in total. The first kappa shape index (κ1) is 11.7. The van der Waals surface area contributed by atoms with E-state index in [4.69, 9.17) is 0 Å². The van der Waals surface area contributed by atoms with Gasteiger partial charge in [-0.3, -0.25) is 4.90 Å². The fraction of sp³-hybridized carbons (Fsp3) is 0.909. The summed E-state index contributed by atoms with van der Waals surface area (Å²) in [5, 5.41) is 9.21. The highest BCUT2D eigenvalue weighted by Crippen LogP contribution is 2.23. The third kappa shape index (κ3) is 3.07. The van der Waals surface area contributed by atoms with Gasteiger partial charge in [0.1, 0.15) is 5.78 Å². The topological polar surface area (TPSA) is 40.5 Å². The molecule has 14 heavy (non-hydrogen) atoms. The number of likely N-dealkylation sites (tertiary alicyclic amines) is 1. The van der Waals surface area contributed by atoms with Crippen LogP contribution in [0.15, 0.2) is 0 Å². The van der Waals surface area contributed by atoms with Crippen molar-refractivity contribution in [2.24, 2.45) is 5.92 Å². The quantitative estimate of drug-likeness (QED) is 0.719. The number of ketones is 1. The standard InChI is InChI=1S/C11H21NO2/c1-9-5-7-12(11(9)8-13)6-3-4-10(2)14/h9,11,13H,3-8H2,1-2H3. The molecule has 0 bridgehead atoms. The zero-order valence-corrected chi connectivity index (χ0v) is 9.20. The predicted octanol–water partition coefficient (Wildman–Crippen LogP) is 1.06. The highest BCUT2D eigenvalue weighted by atomic mass is 16.3. The van der Waals surface area contributed by atoms with E-state index in [1.54, 1.807) is 6.92 Å². The van der Waals surface area contributed by atoms with Crippen LogP contribution in [-0.2, 0) is 4.79 Å². The molecule has 1 fully saturated rings. The second kappa shape index (κ2) is 5.47. The van der Waals surface area contributed by atoms with Gasteiger partial charge in [-0.25, -0.2) is 0 Å². The Morgan fingerprint density at radius 2 is 2.29 bits per heavy atom. The van der Waals surface area contributed by atoms with Gasteiger partial charge in [0, 0.05) is 12.5 Å². The summed E-state index contributed by atoms with van der Waals surface area (Å²) in [5.74, 6) is 0.857. The Labute approximate surface area is 86.1 Å². The lowest BCUT2D eigenvalue weighted by Crippen LogP contribution is -2.35. The average molecular weight is 199 g/mol. The molecule has 1 rings (SSSR count). The summed E-state index contributed by atoms with van der Waals surface area (Å²) < 4.78 is 0. The molecule has 1 saturated heterocycles. The second-order valence-corrected chi connectivity index (χ2v) is 4.36. The first-order valence-electron chi connectivity index (χ1n) is 5.49. The van der Waals surface area contributed by atoms with Gasteiger partial charge in [0.05, 0.1) is 6.61 Å². The molecule has 0 aromatic carbocycles. The molecular weight excluding hydrogens is 178 g/mol. The molecule has 1 N–H and O–H groups in total. The van der Waals surface area contributed by atoms with E-state index in [0.717, 1.165) is 19.5 Å². The first-order valence-corrected chi connectivity index (χ1v) is 5.49. The SMILES string of the molecule is CC(=O)CCCN1CCC(C)C1CO. The number of hydrogen-bond acceptors (Lipinski definition) is 3. The smallest absolute Gasteiger partial charge is 0.129 e. The molecule has 0 radical (unpaired) electrons. The summed E-state index contributed by atoms with van der Waals surface area (Å²) in [4.78, 5) is 13.1. The summed E-state index contributed by atoms with van der Waals surface area (Å²) in [6.45, 7) is 6.10. The number of aliphatic hydroxyl groups excluding tert-OH is 1. The van der Waals surface area contributed by atoms with Crippen molar-refractivity contribution in [3.05, 3.63) is 0 Å². The number of carbonyl (C=O) groups is 1. The normalized spacial score (nSPS) is 28.2. The van der Waals surface area contributed by atoms with Crippen molar-refractivity contribution in [1.29, 1.82) is 0 Å². The predicted molar refractivity (Wildman–Crippen MR) is 56.1 cm³/mol. The van der Waals surface area contributed by atoms with Gasteiger partial charge in [0.15, 0.2) is 0 Å². The number of rotatable bonds is 5. The highest BCUT2D eigenvalue weighted by molar-refractivity contribution is 5.75. The number of hydrogen-bond donors (Lipinski definition) is 1. The van der Waals surface area contributed by atoms with Gasteiger partial charge in [-0.15, -0.1) is 0 Å². The van der Waals surface area contributed by atoms with Gasteiger partial charge in [0.25, 0.3) is 0 Å². The van der Waals surface area contributed by atoms with E-state index in [1.165, 1.54) is 6.42 Å². The Kier molecular flexibility index (Phi) is 4.55. The van der Waals surface area contributed by atoms with Crippen LogP contribution in [0.3, 0.4) is 0 Å².